The van der Waals surface area contributed by atoms with Gasteiger partial charge in [-0.2, -0.15) is 0 Å². The number of esters is 1. The largest absolute Gasteiger partial charge is 0.465 e. The van der Waals surface area contributed by atoms with Gasteiger partial charge < -0.3 is 9.64 Å². The molecule has 0 bridgehead atoms. The molecule has 0 radical (unpaired) electrons. The third-order valence-corrected chi connectivity index (χ3v) is 5.49. The van der Waals surface area contributed by atoms with Crippen LogP contribution in [-0.2, 0) is 16.0 Å². The topological polar surface area (TPSA) is 46.6 Å². The Morgan fingerprint density at radius 1 is 1.20 bits per heavy atom. The molecule has 0 N–H and O–H groups in total. The van der Waals surface area contributed by atoms with E-state index in [1.807, 2.05) is 43.3 Å². The van der Waals surface area contributed by atoms with Crippen LogP contribution in [0, 0.1) is 0 Å². The molecule has 1 aliphatic rings. The molecule has 0 aromatic heterocycles. The summed E-state index contributed by atoms with van der Waals surface area (Å²) in [7, 11) is 1.36. The highest BCUT2D eigenvalue weighted by molar-refractivity contribution is 8.00. The first-order valence-corrected chi connectivity index (χ1v) is 9.20. The number of nitrogens with zero attached hydrogens (tertiary/aromatic N) is 1. The minimum Gasteiger partial charge on any atom is -0.465 e. The van der Waals surface area contributed by atoms with Crippen LogP contribution in [0.15, 0.2) is 47.4 Å². The van der Waals surface area contributed by atoms with Crippen molar-refractivity contribution in [3.05, 3.63) is 58.6 Å². The Bertz CT molecular complexity index is 807. The molecule has 2 aromatic rings. The summed E-state index contributed by atoms with van der Waals surface area (Å²) in [6.45, 7) is 2.53. The Kier molecular flexibility index (Phi) is 5.35. The molecule has 130 valence electrons. The number of hydrogen-bond donors (Lipinski definition) is 0. The Labute approximate surface area is 156 Å². The summed E-state index contributed by atoms with van der Waals surface area (Å²) >= 11 is 7.41. The van der Waals surface area contributed by atoms with Crippen LogP contribution >= 0.6 is 23.4 Å². The lowest BCUT2D eigenvalue weighted by Gasteiger charge is -2.21. The molecular formula is C19H18ClNO3S. The summed E-state index contributed by atoms with van der Waals surface area (Å²) < 4.78 is 4.75. The van der Waals surface area contributed by atoms with Gasteiger partial charge in [0, 0.05) is 22.2 Å². The van der Waals surface area contributed by atoms with Crippen molar-refractivity contribution in [1.29, 1.82) is 0 Å². The number of thioether (sulfide) groups is 1. The number of hydrogen-bond acceptors (Lipinski definition) is 4. The van der Waals surface area contributed by atoms with Crippen molar-refractivity contribution in [2.75, 3.05) is 18.6 Å². The lowest BCUT2D eigenvalue weighted by atomic mass is 10.1. The van der Waals surface area contributed by atoms with Gasteiger partial charge in [0.05, 0.1) is 17.9 Å². The van der Waals surface area contributed by atoms with Crippen LogP contribution in [0.5, 0.6) is 0 Å². The van der Waals surface area contributed by atoms with Crippen molar-refractivity contribution >= 4 is 40.9 Å². The molecule has 1 amide bonds. The number of rotatable bonds is 4. The van der Waals surface area contributed by atoms with Crippen molar-refractivity contribution in [2.45, 2.75) is 23.5 Å². The normalized spacial score (nSPS) is 14.1. The van der Waals surface area contributed by atoms with E-state index in [0.717, 1.165) is 22.6 Å². The average Bonchev–Trinajstić information content (AvgIpc) is 3.05. The van der Waals surface area contributed by atoms with Crippen LogP contribution < -0.4 is 4.90 Å². The van der Waals surface area contributed by atoms with E-state index in [2.05, 4.69) is 0 Å². The van der Waals surface area contributed by atoms with E-state index in [9.17, 15) is 9.59 Å². The lowest BCUT2D eigenvalue weighted by Crippen LogP contribution is -2.35. The number of ether oxygens (including phenoxy) is 1. The Morgan fingerprint density at radius 3 is 2.60 bits per heavy atom. The number of carbonyl (C=O) groups excluding carboxylic acids is 2. The van der Waals surface area contributed by atoms with Crippen molar-refractivity contribution in [3.63, 3.8) is 0 Å². The van der Waals surface area contributed by atoms with E-state index in [0.29, 0.717) is 17.1 Å². The van der Waals surface area contributed by atoms with Gasteiger partial charge in [-0.05, 0) is 61.4 Å². The van der Waals surface area contributed by atoms with Gasteiger partial charge in [0.2, 0.25) is 5.91 Å². The molecule has 0 fully saturated rings. The number of carbonyl (C=O) groups is 2. The standard InChI is InChI=1S/C19H18ClNO3S/c1-12(25-16-6-4-15(20)5-7-16)18(22)21-10-9-13-11-14(19(23)24-2)3-8-17(13)21/h3-8,11-12H,9-10H2,1-2H3. The van der Waals surface area contributed by atoms with Gasteiger partial charge >= 0.3 is 5.97 Å². The molecule has 4 nitrogen and oxygen atoms in total. The van der Waals surface area contributed by atoms with E-state index < -0.39 is 0 Å². The summed E-state index contributed by atoms with van der Waals surface area (Å²) in [5.74, 6) is -0.302. The maximum Gasteiger partial charge on any atom is 0.337 e. The van der Waals surface area contributed by atoms with Gasteiger partial charge in [0.25, 0.3) is 0 Å². The number of methoxy groups -OCH3 is 1. The predicted octanol–water partition coefficient (Wildman–Crippen LogP) is 4.20. The van der Waals surface area contributed by atoms with Gasteiger partial charge in [-0.15, -0.1) is 11.8 Å². The second-order valence-corrected chi connectivity index (χ2v) is 7.64. The molecule has 1 heterocycles. The number of halogens is 1. The molecule has 0 saturated heterocycles. The third kappa shape index (κ3) is 3.83. The molecule has 0 aliphatic carbocycles. The summed E-state index contributed by atoms with van der Waals surface area (Å²) in [5, 5.41) is 0.464. The monoisotopic (exact) mass is 375 g/mol. The quantitative estimate of drug-likeness (QED) is 0.593. The lowest BCUT2D eigenvalue weighted by molar-refractivity contribution is -0.117. The minimum atomic E-state index is -0.362. The molecule has 0 spiro atoms. The van der Waals surface area contributed by atoms with Crippen molar-refractivity contribution in [1.82, 2.24) is 0 Å². The fourth-order valence-electron chi connectivity index (χ4n) is 2.86. The SMILES string of the molecule is COC(=O)c1ccc2c(c1)CCN2C(=O)C(C)Sc1ccc(Cl)cc1. The van der Waals surface area contributed by atoms with Crippen LogP contribution in [0.1, 0.15) is 22.8 Å². The third-order valence-electron chi connectivity index (χ3n) is 4.14. The van der Waals surface area contributed by atoms with E-state index in [-0.39, 0.29) is 17.1 Å². The Balaban J connectivity index is 1.74. The molecule has 1 aliphatic heterocycles. The molecule has 3 rings (SSSR count). The van der Waals surface area contributed by atoms with Gasteiger partial charge in [-0.3, -0.25) is 4.79 Å². The van der Waals surface area contributed by atoms with Crippen LogP contribution in [0.3, 0.4) is 0 Å². The molecular weight excluding hydrogens is 358 g/mol. The number of amides is 1. The van der Waals surface area contributed by atoms with Gasteiger partial charge in [-0.1, -0.05) is 11.6 Å². The van der Waals surface area contributed by atoms with E-state index in [1.54, 1.807) is 11.0 Å². The zero-order chi connectivity index (χ0) is 18.0. The Morgan fingerprint density at radius 2 is 1.92 bits per heavy atom. The Hall–Kier alpha value is -1.98. The van der Waals surface area contributed by atoms with Crippen LogP contribution in [0.4, 0.5) is 5.69 Å². The predicted molar refractivity (Wildman–Crippen MR) is 101 cm³/mol. The molecule has 25 heavy (non-hydrogen) atoms. The van der Waals surface area contributed by atoms with Crippen molar-refractivity contribution in [3.8, 4) is 0 Å². The van der Waals surface area contributed by atoms with Crippen LogP contribution in [0.25, 0.3) is 0 Å². The average molecular weight is 376 g/mol. The van der Waals surface area contributed by atoms with E-state index >= 15 is 0 Å². The summed E-state index contributed by atoms with van der Waals surface area (Å²) in [6.07, 6.45) is 0.740. The minimum absolute atomic E-state index is 0.0597. The second-order valence-electron chi connectivity index (χ2n) is 5.79. The maximum absolute atomic E-state index is 12.8. The van der Waals surface area contributed by atoms with Gasteiger partial charge in [-0.25, -0.2) is 4.79 Å². The van der Waals surface area contributed by atoms with Crippen molar-refractivity contribution in [2.24, 2.45) is 0 Å². The molecule has 6 heteroatoms. The highest BCUT2D eigenvalue weighted by Crippen LogP contribution is 2.32. The summed E-state index contributed by atoms with van der Waals surface area (Å²) in [4.78, 5) is 27.3. The van der Waals surface area contributed by atoms with E-state index in [4.69, 9.17) is 16.3 Å². The summed E-state index contributed by atoms with van der Waals surface area (Å²) in [5.41, 5.74) is 2.39. The first-order valence-electron chi connectivity index (χ1n) is 7.94. The highest BCUT2D eigenvalue weighted by Gasteiger charge is 2.29. The number of fused-ring (bicyclic) bond motifs is 1. The van der Waals surface area contributed by atoms with Gasteiger partial charge in [0.15, 0.2) is 0 Å². The fraction of sp³-hybridized carbons (Fsp3) is 0.263. The maximum atomic E-state index is 12.8. The van der Waals surface area contributed by atoms with Crippen molar-refractivity contribution < 1.29 is 14.3 Å². The summed E-state index contributed by atoms with van der Waals surface area (Å²) in [6, 6.07) is 12.8. The number of anilines is 1. The van der Waals surface area contributed by atoms with Crippen LogP contribution in [-0.4, -0.2) is 30.8 Å². The molecule has 1 atom stereocenters. The molecule has 2 aromatic carbocycles. The van der Waals surface area contributed by atoms with Crippen LogP contribution in [0.2, 0.25) is 5.02 Å². The fourth-order valence-corrected chi connectivity index (χ4v) is 3.92. The first kappa shape index (κ1) is 17.8. The number of benzene rings is 2. The zero-order valence-corrected chi connectivity index (χ0v) is 15.6. The zero-order valence-electron chi connectivity index (χ0n) is 14.0. The molecule has 1 unspecified atom stereocenters. The van der Waals surface area contributed by atoms with Gasteiger partial charge in [0.1, 0.15) is 0 Å². The highest BCUT2D eigenvalue weighted by atomic mass is 35.5. The smallest absolute Gasteiger partial charge is 0.337 e. The first-order chi connectivity index (χ1) is 12.0. The molecule has 0 saturated carbocycles. The second kappa shape index (κ2) is 7.50. The van der Waals surface area contributed by atoms with E-state index in [1.165, 1.54) is 18.9 Å².